The van der Waals surface area contributed by atoms with Crippen LogP contribution < -0.4 is 20.6 Å². The summed E-state index contributed by atoms with van der Waals surface area (Å²) in [6.07, 6.45) is 4.90. The molecule has 0 saturated carbocycles. The number of methoxy groups -OCH3 is 1. The summed E-state index contributed by atoms with van der Waals surface area (Å²) in [5.41, 5.74) is 1.83. The number of nitrogens with zero attached hydrogens (tertiary/aromatic N) is 2. The van der Waals surface area contributed by atoms with Crippen LogP contribution in [0.25, 0.3) is 12.2 Å². The Kier molecular flexibility index (Phi) is 7.40. The molecule has 188 valence electrons. The van der Waals surface area contributed by atoms with Gasteiger partial charge < -0.3 is 19.4 Å². The zero-order valence-corrected chi connectivity index (χ0v) is 20.2. The van der Waals surface area contributed by atoms with Crippen molar-refractivity contribution in [2.24, 2.45) is 5.92 Å². The van der Waals surface area contributed by atoms with Crippen LogP contribution in [0.2, 0.25) is 5.02 Å². The number of alkyl halides is 3. The number of ether oxygens (including phenoxy) is 2. The third kappa shape index (κ3) is 6.09. The second-order valence-electron chi connectivity index (χ2n) is 8.25. The van der Waals surface area contributed by atoms with Crippen LogP contribution in [-0.4, -0.2) is 35.4 Å². The van der Waals surface area contributed by atoms with E-state index in [9.17, 15) is 18.0 Å². The Balaban J connectivity index is 1.60. The summed E-state index contributed by atoms with van der Waals surface area (Å²) < 4.78 is 49.2. The SMILES string of the molecule is COC(=O)c1cc(Cl)cnc1NC1=CC=c2c(ccn2Cc2cccc(OCC(F)(F)F)c2)=CC1C. The highest BCUT2D eigenvalue weighted by Crippen LogP contribution is 2.23. The lowest BCUT2D eigenvalue weighted by Gasteiger charge is -2.16. The summed E-state index contributed by atoms with van der Waals surface area (Å²) in [4.78, 5) is 16.4. The Bertz CT molecular complexity index is 1430. The lowest BCUT2D eigenvalue weighted by molar-refractivity contribution is -0.153. The van der Waals surface area contributed by atoms with E-state index >= 15 is 0 Å². The number of hydrogen-bond donors (Lipinski definition) is 1. The number of esters is 1. The number of halogens is 4. The minimum atomic E-state index is -4.40. The van der Waals surface area contributed by atoms with Crippen molar-refractivity contribution in [2.75, 3.05) is 19.0 Å². The first kappa shape index (κ1) is 25.4. The Morgan fingerprint density at radius 2 is 2.03 bits per heavy atom. The summed E-state index contributed by atoms with van der Waals surface area (Å²) in [5.74, 6) is -0.106. The second kappa shape index (κ2) is 10.5. The summed E-state index contributed by atoms with van der Waals surface area (Å²) in [6, 6.07) is 10.1. The monoisotopic (exact) mass is 517 g/mol. The molecule has 0 aliphatic heterocycles. The molecule has 6 nitrogen and oxygen atoms in total. The molecule has 36 heavy (non-hydrogen) atoms. The molecule has 10 heteroatoms. The van der Waals surface area contributed by atoms with Crippen molar-refractivity contribution in [1.29, 1.82) is 0 Å². The molecule has 0 fully saturated rings. The van der Waals surface area contributed by atoms with Crippen LogP contribution in [0.5, 0.6) is 5.75 Å². The fourth-order valence-electron chi connectivity index (χ4n) is 3.84. The predicted molar refractivity (Wildman–Crippen MR) is 131 cm³/mol. The number of anilines is 1. The van der Waals surface area contributed by atoms with Crippen molar-refractivity contribution in [3.63, 3.8) is 0 Å². The predicted octanol–water partition coefficient (Wildman–Crippen LogP) is 4.52. The van der Waals surface area contributed by atoms with E-state index in [4.69, 9.17) is 21.1 Å². The van der Waals surface area contributed by atoms with Crippen molar-refractivity contribution < 1.29 is 27.4 Å². The molecule has 4 rings (SSSR count). The van der Waals surface area contributed by atoms with Crippen molar-refractivity contribution >= 4 is 35.5 Å². The lowest BCUT2D eigenvalue weighted by Crippen LogP contribution is -2.29. The summed E-state index contributed by atoms with van der Waals surface area (Å²) in [5, 5.41) is 5.46. The van der Waals surface area contributed by atoms with Gasteiger partial charge in [-0.25, -0.2) is 9.78 Å². The molecule has 0 amide bonds. The summed E-state index contributed by atoms with van der Waals surface area (Å²) in [7, 11) is 1.29. The van der Waals surface area contributed by atoms with Crippen molar-refractivity contribution in [3.05, 3.63) is 87.3 Å². The van der Waals surface area contributed by atoms with Gasteiger partial charge in [-0.15, -0.1) is 0 Å². The highest BCUT2D eigenvalue weighted by Gasteiger charge is 2.28. The molecule has 1 aliphatic carbocycles. The number of carbonyl (C=O) groups is 1. The van der Waals surface area contributed by atoms with Crippen LogP contribution in [0.15, 0.2) is 60.6 Å². The van der Waals surface area contributed by atoms with Crippen molar-refractivity contribution in [1.82, 2.24) is 9.55 Å². The van der Waals surface area contributed by atoms with Gasteiger partial charge in [0.2, 0.25) is 0 Å². The van der Waals surface area contributed by atoms with Gasteiger partial charge in [0.15, 0.2) is 6.61 Å². The van der Waals surface area contributed by atoms with Crippen LogP contribution in [0.4, 0.5) is 19.0 Å². The number of pyridine rings is 1. The molecule has 0 saturated heterocycles. The zero-order valence-electron chi connectivity index (χ0n) is 19.5. The average Bonchev–Trinajstić information content (AvgIpc) is 3.12. The van der Waals surface area contributed by atoms with Gasteiger partial charge >= 0.3 is 12.1 Å². The number of fused-ring (bicyclic) bond motifs is 1. The number of benzene rings is 1. The van der Waals surface area contributed by atoms with Gasteiger partial charge in [0.05, 0.1) is 12.1 Å². The number of hydrogen-bond acceptors (Lipinski definition) is 5. The molecular formula is C26H23ClF3N3O3. The first-order valence-electron chi connectivity index (χ1n) is 11.0. The maximum absolute atomic E-state index is 12.5. The molecule has 1 atom stereocenters. The van der Waals surface area contributed by atoms with Crippen LogP contribution in [0.1, 0.15) is 22.8 Å². The van der Waals surface area contributed by atoms with Gasteiger partial charge in [-0.1, -0.05) is 36.7 Å². The summed E-state index contributed by atoms with van der Waals surface area (Å²) in [6.45, 7) is 1.12. The van der Waals surface area contributed by atoms with E-state index in [1.54, 1.807) is 12.1 Å². The highest BCUT2D eigenvalue weighted by molar-refractivity contribution is 6.30. The summed E-state index contributed by atoms with van der Waals surface area (Å²) >= 11 is 6.01. The minimum Gasteiger partial charge on any atom is -0.484 e. The third-order valence-electron chi connectivity index (χ3n) is 5.56. The molecule has 0 bridgehead atoms. The number of aromatic nitrogens is 2. The van der Waals surface area contributed by atoms with Gasteiger partial charge in [-0.05, 0) is 47.2 Å². The van der Waals surface area contributed by atoms with E-state index in [0.29, 0.717) is 17.4 Å². The first-order chi connectivity index (χ1) is 17.1. The number of rotatable bonds is 7. The molecule has 0 radical (unpaired) electrons. The lowest BCUT2D eigenvalue weighted by atomic mass is 10.1. The molecular weight excluding hydrogens is 495 g/mol. The second-order valence-corrected chi connectivity index (χ2v) is 8.68. The Morgan fingerprint density at radius 3 is 2.78 bits per heavy atom. The number of carbonyl (C=O) groups excluding carboxylic acids is 1. The molecule has 2 heterocycles. The largest absolute Gasteiger partial charge is 0.484 e. The maximum atomic E-state index is 12.5. The first-order valence-corrected chi connectivity index (χ1v) is 11.4. The van der Waals surface area contributed by atoms with Gasteiger partial charge in [-0.3, -0.25) is 0 Å². The van der Waals surface area contributed by atoms with E-state index < -0.39 is 18.8 Å². The van der Waals surface area contributed by atoms with E-state index in [1.807, 2.05) is 42.0 Å². The molecule has 0 spiro atoms. The Labute approximate surface area is 210 Å². The maximum Gasteiger partial charge on any atom is 0.422 e. The van der Waals surface area contributed by atoms with Crippen molar-refractivity contribution in [2.45, 2.75) is 19.6 Å². The van der Waals surface area contributed by atoms with Crippen LogP contribution in [0, 0.1) is 5.92 Å². The molecule has 1 N–H and O–H groups in total. The van der Waals surface area contributed by atoms with E-state index in [-0.39, 0.29) is 17.2 Å². The normalized spacial score (nSPS) is 15.1. The quantitative estimate of drug-likeness (QED) is 0.467. The standard InChI is InChI=1S/C26H23ClF3N3O3/c1-16-10-18-8-9-33(14-17-4-3-5-20(11-17)36-15-26(28,29)30)23(18)7-6-22(16)32-24-21(25(34)35-2)12-19(27)13-31-24/h3-13,16H,14-15H2,1-2H3,(H,31,32). The fourth-order valence-corrected chi connectivity index (χ4v) is 4.00. The molecule has 1 aliphatic rings. The Morgan fingerprint density at radius 1 is 1.22 bits per heavy atom. The fraction of sp³-hybridized carbons (Fsp3) is 0.231. The average molecular weight is 518 g/mol. The van der Waals surface area contributed by atoms with Gasteiger partial charge in [0.1, 0.15) is 17.1 Å². The van der Waals surface area contributed by atoms with E-state index in [2.05, 4.69) is 16.4 Å². The van der Waals surface area contributed by atoms with Crippen LogP contribution in [0.3, 0.4) is 0 Å². The third-order valence-corrected chi connectivity index (χ3v) is 5.76. The van der Waals surface area contributed by atoms with Gasteiger partial charge in [0, 0.05) is 35.9 Å². The number of nitrogens with one attached hydrogen (secondary N) is 1. The van der Waals surface area contributed by atoms with Crippen LogP contribution >= 0.6 is 11.6 Å². The molecule has 1 aromatic carbocycles. The molecule has 1 unspecified atom stereocenters. The number of allylic oxidation sites excluding steroid dienone is 2. The highest BCUT2D eigenvalue weighted by atomic mass is 35.5. The van der Waals surface area contributed by atoms with Crippen molar-refractivity contribution in [3.8, 4) is 5.75 Å². The van der Waals surface area contributed by atoms with Crippen LogP contribution in [-0.2, 0) is 11.3 Å². The zero-order chi connectivity index (χ0) is 25.9. The van der Waals surface area contributed by atoms with E-state index in [1.165, 1.54) is 25.4 Å². The topological polar surface area (TPSA) is 65.4 Å². The Hall–Kier alpha value is -3.72. The van der Waals surface area contributed by atoms with Gasteiger partial charge in [0.25, 0.3) is 0 Å². The molecule has 2 aromatic heterocycles. The van der Waals surface area contributed by atoms with Gasteiger partial charge in [-0.2, -0.15) is 13.2 Å². The van der Waals surface area contributed by atoms with E-state index in [0.717, 1.165) is 21.8 Å². The minimum absolute atomic E-state index is 0.0413. The molecule has 3 aromatic rings. The smallest absolute Gasteiger partial charge is 0.422 e.